The highest BCUT2D eigenvalue weighted by atomic mass is 16.3. The van der Waals surface area contributed by atoms with E-state index in [-0.39, 0.29) is 16.9 Å². The van der Waals surface area contributed by atoms with Crippen molar-refractivity contribution in [1.29, 1.82) is 0 Å². The molecule has 0 aliphatic heterocycles. The summed E-state index contributed by atoms with van der Waals surface area (Å²) in [5.41, 5.74) is 9.72. The molecule has 13 heavy (non-hydrogen) atoms. The van der Waals surface area contributed by atoms with Crippen molar-refractivity contribution in [2.75, 3.05) is 0 Å². The van der Waals surface area contributed by atoms with Crippen LogP contribution in [0.5, 0.6) is 5.75 Å². The molecule has 0 bridgehead atoms. The van der Waals surface area contributed by atoms with Crippen molar-refractivity contribution in [2.24, 2.45) is 11.5 Å². The zero-order valence-electron chi connectivity index (χ0n) is 6.61. The third-order valence-electron chi connectivity index (χ3n) is 1.52. The summed E-state index contributed by atoms with van der Waals surface area (Å²) in [6.07, 6.45) is 0. The third-order valence-corrected chi connectivity index (χ3v) is 1.52. The fourth-order valence-electron chi connectivity index (χ4n) is 0.942. The standard InChI is InChI=1S/C8H7N2O3/c9-7(12)5-2-1-4(11)3-6(5)8(10)13/h1-3H,(H2,9,12)(H2,10,13). The van der Waals surface area contributed by atoms with Crippen LogP contribution in [0, 0.1) is 0 Å². The Balaban J connectivity index is 3.35. The van der Waals surface area contributed by atoms with Gasteiger partial charge in [-0.15, -0.1) is 0 Å². The second kappa shape index (κ2) is 3.14. The molecule has 0 spiro atoms. The quantitative estimate of drug-likeness (QED) is 0.668. The highest BCUT2D eigenvalue weighted by Gasteiger charge is 2.13. The van der Waals surface area contributed by atoms with Gasteiger partial charge in [-0.05, 0) is 18.2 Å². The van der Waals surface area contributed by atoms with Gasteiger partial charge in [0.2, 0.25) is 11.8 Å². The molecule has 0 atom stereocenters. The molecule has 1 radical (unpaired) electrons. The van der Waals surface area contributed by atoms with E-state index in [0.717, 1.165) is 12.1 Å². The van der Waals surface area contributed by atoms with Crippen LogP contribution < -0.4 is 11.5 Å². The molecule has 5 heteroatoms. The van der Waals surface area contributed by atoms with Crippen LogP contribution in [0.4, 0.5) is 0 Å². The number of primary amides is 2. The normalized spacial score (nSPS) is 9.54. The molecule has 1 aromatic carbocycles. The molecular weight excluding hydrogens is 172 g/mol. The van der Waals surface area contributed by atoms with Gasteiger partial charge in [-0.2, -0.15) is 0 Å². The van der Waals surface area contributed by atoms with E-state index in [1.165, 1.54) is 6.07 Å². The summed E-state index contributed by atoms with van der Waals surface area (Å²) in [4.78, 5) is 21.5. The van der Waals surface area contributed by atoms with Crippen molar-refractivity contribution < 1.29 is 14.7 Å². The number of carbonyl (C=O) groups excluding carboxylic acids is 2. The molecule has 0 saturated heterocycles. The molecule has 0 heterocycles. The van der Waals surface area contributed by atoms with Crippen LogP contribution in [-0.2, 0) is 5.11 Å². The van der Waals surface area contributed by atoms with Crippen molar-refractivity contribution in [3.63, 3.8) is 0 Å². The molecule has 67 valence electrons. The van der Waals surface area contributed by atoms with Gasteiger partial charge in [0, 0.05) is 0 Å². The molecule has 1 aromatic rings. The minimum absolute atomic E-state index is 0.0351. The van der Waals surface area contributed by atoms with E-state index in [1.54, 1.807) is 0 Å². The average Bonchev–Trinajstić information content (AvgIpc) is 2.03. The van der Waals surface area contributed by atoms with Crippen molar-refractivity contribution in [3.05, 3.63) is 29.3 Å². The fourth-order valence-corrected chi connectivity index (χ4v) is 0.942. The van der Waals surface area contributed by atoms with Crippen LogP contribution in [0.2, 0.25) is 0 Å². The van der Waals surface area contributed by atoms with E-state index < -0.39 is 11.8 Å². The number of nitrogens with two attached hydrogens (primary N) is 2. The maximum absolute atomic E-state index is 10.8. The summed E-state index contributed by atoms with van der Waals surface area (Å²) >= 11 is 0. The van der Waals surface area contributed by atoms with Crippen molar-refractivity contribution >= 4 is 11.8 Å². The third kappa shape index (κ3) is 1.76. The van der Waals surface area contributed by atoms with Crippen LogP contribution in [0.15, 0.2) is 18.2 Å². The Morgan fingerprint density at radius 2 is 1.54 bits per heavy atom. The van der Waals surface area contributed by atoms with Crippen molar-refractivity contribution in [2.45, 2.75) is 0 Å². The predicted octanol–water partition coefficient (Wildman–Crippen LogP) is 0.0282. The zero-order valence-corrected chi connectivity index (χ0v) is 6.61. The number of amides is 2. The molecule has 5 nitrogen and oxygen atoms in total. The van der Waals surface area contributed by atoms with E-state index in [0.29, 0.717) is 0 Å². The van der Waals surface area contributed by atoms with Crippen LogP contribution in [0.3, 0.4) is 0 Å². The average molecular weight is 179 g/mol. The van der Waals surface area contributed by atoms with Gasteiger partial charge < -0.3 is 11.5 Å². The molecule has 0 aromatic heterocycles. The van der Waals surface area contributed by atoms with Gasteiger partial charge in [0.15, 0.2) is 5.75 Å². The van der Waals surface area contributed by atoms with E-state index >= 15 is 0 Å². The summed E-state index contributed by atoms with van der Waals surface area (Å²) < 4.78 is 0. The lowest BCUT2D eigenvalue weighted by molar-refractivity contribution is 0.0967. The van der Waals surface area contributed by atoms with Gasteiger partial charge in [0.25, 0.3) is 0 Å². The van der Waals surface area contributed by atoms with Crippen molar-refractivity contribution in [3.8, 4) is 5.75 Å². The minimum Gasteiger partial charge on any atom is -0.366 e. The Labute approximate surface area is 74.0 Å². The molecule has 0 fully saturated rings. The first-order valence-electron chi connectivity index (χ1n) is 3.43. The zero-order chi connectivity index (χ0) is 10.0. The Hall–Kier alpha value is -2.04. The van der Waals surface area contributed by atoms with Crippen LogP contribution in [0.1, 0.15) is 20.7 Å². The first kappa shape index (κ1) is 9.05. The van der Waals surface area contributed by atoms with Gasteiger partial charge in [-0.1, -0.05) is 0 Å². The first-order valence-corrected chi connectivity index (χ1v) is 3.43. The highest BCUT2D eigenvalue weighted by molar-refractivity contribution is 6.06. The number of hydrogen-bond acceptors (Lipinski definition) is 2. The topological polar surface area (TPSA) is 106 Å². The molecule has 2 amide bonds. The Kier molecular flexibility index (Phi) is 2.19. The monoisotopic (exact) mass is 179 g/mol. The molecule has 0 aliphatic carbocycles. The van der Waals surface area contributed by atoms with Gasteiger partial charge in [-0.3, -0.25) is 14.7 Å². The first-order chi connectivity index (χ1) is 6.02. The van der Waals surface area contributed by atoms with Gasteiger partial charge >= 0.3 is 0 Å². The molecule has 0 unspecified atom stereocenters. The van der Waals surface area contributed by atoms with E-state index in [2.05, 4.69) is 0 Å². The second-order valence-corrected chi connectivity index (χ2v) is 2.44. The Bertz CT molecular complexity index is 374. The lowest BCUT2D eigenvalue weighted by Gasteiger charge is -2.01. The number of hydrogen-bond donors (Lipinski definition) is 2. The number of rotatable bonds is 2. The summed E-state index contributed by atoms with van der Waals surface area (Å²) in [6.45, 7) is 0. The van der Waals surface area contributed by atoms with Gasteiger partial charge in [-0.25, -0.2) is 0 Å². The predicted molar refractivity (Wildman–Crippen MR) is 43.6 cm³/mol. The molecule has 0 aliphatic rings. The lowest BCUT2D eigenvalue weighted by atomic mass is 10.1. The molecule has 4 N–H and O–H groups in total. The van der Waals surface area contributed by atoms with E-state index in [4.69, 9.17) is 11.5 Å². The Morgan fingerprint density at radius 1 is 1.00 bits per heavy atom. The summed E-state index contributed by atoms with van der Waals surface area (Å²) in [6, 6.07) is 3.32. The lowest BCUT2D eigenvalue weighted by Crippen LogP contribution is -2.20. The van der Waals surface area contributed by atoms with Crippen LogP contribution in [0.25, 0.3) is 0 Å². The summed E-state index contributed by atoms with van der Waals surface area (Å²) in [5.74, 6) is -2.01. The number of carbonyl (C=O) groups is 2. The van der Waals surface area contributed by atoms with E-state index in [1.807, 2.05) is 0 Å². The Morgan fingerprint density at radius 3 is 2.00 bits per heavy atom. The minimum atomic E-state index is -0.841. The largest absolute Gasteiger partial charge is 0.366 e. The van der Waals surface area contributed by atoms with Gasteiger partial charge in [0.1, 0.15) is 0 Å². The fraction of sp³-hybridized carbons (Fsp3) is 0. The highest BCUT2D eigenvalue weighted by Crippen LogP contribution is 2.16. The van der Waals surface area contributed by atoms with Crippen LogP contribution in [-0.4, -0.2) is 11.8 Å². The molecular formula is C8H7N2O3. The summed E-state index contributed by atoms with van der Waals surface area (Å²) in [7, 11) is 0. The van der Waals surface area contributed by atoms with Gasteiger partial charge in [0.05, 0.1) is 11.1 Å². The maximum Gasteiger partial charge on any atom is 0.249 e. The van der Waals surface area contributed by atoms with Crippen molar-refractivity contribution in [1.82, 2.24) is 0 Å². The SMILES string of the molecule is NC(=O)c1ccc([O])cc1C(N)=O. The smallest absolute Gasteiger partial charge is 0.249 e. The second-order valence-electron chi connectivity index (χ2n) is 2.44. The molecule has 0 saturated carbocycles. The van der Waals surface area contributed by atoms with Crippen LogP contribution >= 0.6 is 0 Å². The summed E-state index contributed by atoms with van der Waals surface area (Å²) in [5, 5.41) is 10.8. The number of benzene rings is 1. The maximum atomic E-state index is 10.8. The van der Waals surface area contributed by atoms with E-state index in [9.17, 15) is 14.7 Å². The molecule has 1 rings (SSSR count).